The Morgan fingerprint density at radius 2 is 0.850 bits per heavy atom. The van der Waals surface area contributed by atoms with E-state index in [-0.39, 0.29) is 61.4 Å². The maximum atomic E-state index is 13.3. The molecule has 0 aliphatic heterocycles. The van der Waals surface area contributed by atoms with E-state index >= 15 is 0 Å². The summed E-state index contributed by atoms with van der Waals surface area (Å²) in [6.45, 7) is 9.44. The van der Waals surface area contributed by atoms with E-state index in [1.54, 1.807) is 0 Å². The number of nitrogens with zero attached hydrogens (tertiary/aromatic N) is 2. The molecule has 0 fully saturated rings. The first-order valence-electron chi connectivity index (χ1n) is 22.3. The van der Waals surface area contributed by atoms with Gasteiger partial charge in [0.25, 0.3) is 0 Å². The van der Waals surface area contributed by atoms with Gasteiger partial charge in [-0.25, -0.2) is 0 Å². The number of hydrogen-bond donors (Lipinski definition) is 4. The molecular weight excluding hydrogens is 842 g/mol. The number of hydrogen-bond acceptors (Lipinski definition) is 8. The van der Waals surface area contributed by atoms with Crippen molar-refractivity contribution in [3.8, 4) is 22.6 Å². The normalized spacial score (nSPS) is 11.5. The maximum Gasteiger partial charge on any atom is 0.239 e. The highest BCUT2D eigenvalue weighted by atomic mass is 35.5. The largest absolute Gasteiger partial charge is 0.494 e. The summed E-state index contributed by atoms with van der Waals surface area (Å²) in [5.74, 6) is 1.66. The first-order valence-corrected chi connectivity index (χ1v) is 22.3. The number of rotatable bonds is 35. The first kappa shape index (κ1) is 62.3. The zero-order valence-corrected chi connectivity index (χ0v) is 40.3. The van der Waals surface area contributed by atoms with Gasteiger partial charge in [0.2, 0.25) is 11.8 Å². The molecule has 60 heavy (non-hydrogen) atoms. The van der Waals surface area contributed by atoms with Crippen molar-refractivity contribution in [1.82, 2.24) is 9.80 Å². The summed E-state index contributed by atoms with van der Waals surface area (Å²) in [7, 11) is 0. The van der Waals surface area contributed by atoms with Gasteiger partial charge < -0.3 is 42.2 Å². The van der Waals surface area contributed by atoms with E-state index in [2.05, 4.69) is 26.0 Å². The van der Waals surface area contributed by atoms with Crippen LogP contribution in [0.5, 0.6) is 11.5 Å². The molecule has 0 unspecified atom stereocenters. The van der Waals surface area contributed by atoms with Gasteiger partial charge >= 0.3 is 0 Å². The van der Waals surface area contributed by atoms with Crippen molar-refractivity contribution in [3.63, 3.8) is 0 Å². The summed E-state index contributed by atoms with van der Waals surface area (Å²) < 4.78 is 12.4. The zero-order valence-electron chi connectivity index (χ0n) is 37.0. The third-order valence-electron chi connectivity index (χ3n) is 10.4. The van der Waals surface area contributed by atoms with Gasteiger partial charge in [-0.3, -0.25) is 9.59 Å². The van der Waals surface area contributed by atoms with E-state index < -0.39 is 12.1 Å². The van der Waals surface area contributed by atoms with Gasteiger partial charge in [0.05, 0.1) is 25.3 Å². The molecule has 2 amide bonds. The van der Waals surface area contributed by atoms with Crippen LogP contribution in [0.15, 0.2) is 48.5 Å². The fourth-order valence-electron chi connectivity index (χ4n) is 6.99. The van der Waals surface area contributed by atoms with Crippen LogP contribution in [0.25, 0.3) is 11.1 Å². The van der Waals surface area contributed by atoms with Gasteiger partial charge in [0.15, 0.2) is 0 Å². The van der Waals surface area contributed by atoms with Crippen LogP contribution < -0.4 is 32.4 Å². The second-order valence-electron chi connectivity index (χ2n) is 15.4. The van der Waals surface area contributed by atoms with Gasteiger partial charge in [-0.1, -0.05) is 115 Å². The molecule has 2 atom stereocenters. The minimum absolute atomic E-state index is 0. The SMILES string of the molecule is CCCCCCCCN(CCCOc1cccc(-c2cccc(OCCCN(CCCCCCCC)C(=O)[C@@H](N)CCCCN)c2)c1)C(=O)[C@@H](N)CCCCN.Cl.Cl.Cl.Cl. The summed E-state index contributed by atoms with van der Waals surface area (Å²) in [4.78, 5) is 30.4. The van der Waals surface area contributed by atoms with E-state index in [0.29, 0.717) is 52.2 Å². The van der Waals surface area contributed by atoms with Crippen LogP contribution in [-0.4, -0.2) is 86.2 Å². The Labute approximate surface area is 389 Å². The first-order chi connectivity index (χ1) is 27.3. The van der Waals surface area contributed by atoms with Crippen LogP contribution in [0, 0.1) is 0 Å². The fraction of sp³-hybridized carbons (Fsp3) is 0.696. The molecule has 350 valence electrons. The zero-order chi connectivity index (χ0) is 40.6. The molecule has 0 aliphatic rings. The van der Waals surface area contributed by atoms with Crippen LogP contribution >= 0.6 is 49.6 Å². The summed E-state index contributed by atoms with van der Waals surface area (Å²) >= 11 is 0. The molecule has 0 aliphatic carbocycles. The molecule has 2 aromatic carbocycles. The Kier molecular flexibility index (Phi) is 42.6. The summed E-state index contributed by atoms with van der Waals surface area (Å²) in [5, 5.41) is 0. The second kappa shape index (κ2) is 41.0. The highest BCUT2D eigenvalue weighted by Gasteiger charge is 2.21. The number of unbranched alkanes of at least 4 members (excludes halogenated alkanes) is 12. The number of ether oxygens (including phenoxy) is 2. The van der Waals surface area contributed by atoms with Crippen LogP contribution in [0.3, 0.4) is 0 Å². The number of benzene rings is 2. The van der Waals surface area contributed by atoms with Gasteiger partial charge in [-0.2, -0.15) is 0 Å². The topological polar surface area (TPSA) is 163 Å². The average molecular weight is 927 g/mol. The molecule has 14 heteroatoms. The van der Waals surface area contributed by atoms with Crippen molar-refractivity contribution < 1.29 is 19.1 Å². The summed E-state index contributed by atoms with van der Waals surface area (Å²) in [6.07, 6.45) is 20.5. The second-order valence-corrected chi connectivity index (χ2v) is 15.4. The lowest BCUT2D eigenvalue weighted by Gasteiger charge is -2.26. The Morgan fingerprint density at radius 1 is 0.500 bits per heavy atom. The van der Waals surface area contributed by atoms with E-state index in [1.807, 2.05) is 46.2 Å². The Bertz CT molecular complexity index is 1220. The van der Waals surface area contributed by atoms with Crippen molar-refractivity contribution in [2.75, 3.05) is 52.5 Å². The van der Waals surface area contributed by atoms with E-state index in [0.717, 1.165) is 99.9 Å². The van der Waals surface area contributed by atoms with E-state index in [1.165, 1.54) is 51.4 Å². The predicted molar refractivity (Wildman–Crippen MR) is 263 cm³/mol. The minimum atomic E-state index is -0.478. The monoisotopic (exact) mass is 925 g/mol. The van der Waals surface area contributed by atoms with Gasteiger partial charge in [-0.05, 0) is 99.8 Å². The highest BCUT2D eigenvalue weighted by Crippen LogP contribution is 2.27. The van der Waals surface area contributed by atoms with Crippen LogP contribution in [0.2, 0.25) is 0 Å². The number of nitrogens with two attached hydrogens (primary N) is 4. The van der Waals surface area contributed by atoms with Crippen molar-refractivity contribution in [2.24, 2.45) is 22.9 Å². The van der Waals surface area contributed by atoms with E-state index in [9.17, 15) is 9.59 Å². The lowest BCUT2D eigenvalue weighted by molar-refractivity contribution is -0.133. The molecular formula is C46H84Cl4N6O4. The number of carbonyl (C=O) groups excluding carboxylic acids is 2. The molecule has 0 saturated carbocycles. The molecule has 0 saturated heterocycles. The van der Waals surface area contributed by atoms with Crippen LogP contribution in [-0.2, 0) is 9.59 Å². The molecule has 8 N–H and O–H groups in total. The molecule has 0 radical (unpaired) electrons. The Morgan fingerprint density at radius 3 is 1.22 bits per heavy atom. The van der Waals surface area contributed by atoms with Gasteiger partial charge in [0, 0.05) is 26.2 Å². The number of carbonyl (C=O) groups is 2. The van der Waals surface area contributed by atoms with Gasteiger partial charge in [0.1, 0.15) is 11.5 Å². The Balaban J connectivity index is -0.00000812. The third kappa shape index (κ3) is 27.8. The summed E-state index contributed by atoms with van der Waals surface area (Å²) in [6, 6.07) is 15.2. The van der Waals surface area contributed by atoms with Crippen molar-refractivity contribution >= 4 is 61.4 Å². The van der Waals surface area contributed by atoms with Crippen LogP contribution in [0.1, 0.15) is 142 Å². The van der Waals surface area contributed by atoms with E-state index in [4.69, 9.17) is 32.4 Å². The molecule has 0 aromatic heterocycles. The van der Waals surface area contributed by atoms with Gasteiger partial charge in [-0.15, -0.1) is 49.6 Å². The standard InChI is InChI=1S/C46H80N6O4.4ClH/c1-3-5-7-9-11-17-31-51(45(53)43(49)27-13-15-29-47)33-21-35-55-41-25-19-23-39(37-41)40-24-20-26-42(38-40)56-36-22-34-52(32-18-12-10-8-6-4-2)46(54)44(50)28-14-16-30-48;;;;/h19-20,23-26,37-38,43-44H,3-18,21-22,27-36,47-50H2,1-2H3;4*1H/t43-,44-;;;;/m0..../s1. The quantitative estimate of drug-likeness (QED) is 0.0497. The number of halogens is 4. The number of amides is 2. The third-order valence-corrected chi connectivity index (χ3v) is 10.4. The highest BCUT2D eigenvalue weighted by molar-refractivity contribution is 5.86. The molecule has 10 nitrogen and oxygen atoms in total. The lowest BCUT2D eigenvalue weighted by Crippen LogP contribution is -2.45. The van der Waals surface area contributed by atoms with Crippen LogP contribution in [0.4, 0.5) is 0 Å². The lowest BCUT2D eigenvalue weighted by atomic mass is 10.1. The molecule has 2 aromatic rings. The summed E-state index contributed by atoms with van der Waals surface area (Å²) in [5.41, 5.74) is 26.0. The van der Waals surface area contributed by atoms with Crippen molar-refractivity contribution in [3.05, 3.63) is 48.5 Å². The minimum Gasteiger partial charge on any atom is -0.494 e. The molecule has 0 heterocycles. The maximum absolute atomic E-state index is 13.3. The fourth-order valence-corrected chi connectivity index (χ4v) is 6.99. The van der Waals surface area contributed by atoms with Crippen molar-refractivity contribution in [1.29, 1.82) is 0 Å². The molecule has 0 spiro atoms. The van der Waals surface area contributed by atoms with Crippen molar-refractivity contribution in [2.45, 2.75) is 154 Å². The predicted octanol–water partition coefficient (Wildman–Crippen LogP) is 9.87. The molecule has 0 bridgehead atoms. The molecule has 2 rings (SSSR count). The average Bonchev–Trinajstić information content (AvgIpc) is 3.21. The Hall–Kier alpha value is -2.02. The smallest absolute Gasteiger partial charge is 0.239 e.